The summed E-state index contributed by atoms with van der Waals surface area (Å²) >= 11 is 1.49. The van der Waals surface area contributed by atoms with Crippen LogP contribution < -0.4 is 15.8 Å². The van der Waals surface area contributed by atoms with E-state index in [0.717, 1.165) is 16.8 Å². The largest absolute Gasteiger partial charge is 0.488 e. The lowest BCUT2D eigenvalue weighted by Crippen LogP contribution is -2.48. The topological polar surface area (TPSA) is 142 Å². The molecule has 0 fully saturated rings. The number of sulfone groups is 1. The number of nitrogens with two attached hydrogens (primary N) is 1. The van der Waals surface area contributed by atoms with Gasteiger partial charge < -0.3 is 20.2 Å². The molecule has 0 saturated carbocycles. The Morgan fingerprint density at radius 2 is 2.07 bits per heavy atom. The fraction of sp³-hybridized carbons (Fsp3) is 0.316. The van der Waals surface area contributed by atoms with Crippen LogP contribution in [0.3, 0.4) is 0 Å². The quantitative estimate of drug-likeness (QED) is 0.531. The van der Waals surface area contributed by atoms with Crippen LogP contribution in [0.2, 0.25) is 0 Å². The summed E-state index contributed by atoms with van der Waals surface area (Å²) in [4.78, 5) is 29.6. The number of ether oxygens (including phenoxy) is 1. The number of benzene rings is 1. The van der Waals surface area contributed by atoms with Crippen molar-refractivity contribution in [3.63, 3.8) is 0 Å². The summed E-state index contributed by atoms with van der Waals surface area (Å²) in [6, 6.07) is 3.70. The predicted molar refractivity (Wildman–Crippen MR) is 112 cm³/mol. The Kier molecular flexibility index (Phi) is 6.13. The molecule has 0 aliphatic carbocycles. The minimum absolute atomic E-state index is 0.184. The highest BCUT2D eigenvalue weighted by molar-refractivity contribution is 7.90. The molecule has 0 aliphatic rings. The van der Waals surface area contributed by atoms with E-state index in [4.69, 9.17) is 14.9 Å². The second-order valence-corrected chi connectivity index (χ2v) is 9.99. The van der Waals surface area contributed by atoms with E-state index in [1.807, 2.05) is 6.92 Å². The second-order valence-electron chi connectivity index (χ2n) is 6.86. The lowest BCUT2D eigenvalue weighted by atomic mass is 10.1. The van der Waals surface area contributed by atoms with E-state index in [-0.39, 0.29) is 5.56 Å². The SMILES string of the molecule is Cc1ncsc1COc1ccc2oc(C)c(C(=O)NC(CS(C)(=O)=O)C(N)=O)c2c1. The molecule has 160 valence electrons. The van der Waals surface area contributed by atoms with E-state index in [2.05, 4.69) is 10.3 Å². The highest BCUT2D eigenvalue weighted by Gasteiger charge is 2.26. The van der Waals surface area contributed by atoms with Gasteiger partial charge in [-0.2, -0.15) is 0 Å². The first kappa shape index (κ1) is 21.8. The summed E-state index contributed by atoms with van der Waals surface area (Å²) in [5.74, 6) is -1.35. The number of hydrogen-bond donors (Lipinski definition) is 2. The summed E-state index contributed by atoms with van der Waals surface area (Å²) < 4.78 is 34.5. The molecule has 3 N–H and O–H groups in total. The summed E-state index contributed by atoms with van der Waals surface area (Å²) in [5, 5.41) is 2.87. The second kappa shape index (κ2) is 8.44. The van der Waals surface area contributed by atoms with Crippen molar-refractivity contribution < 1.29 is 27.2 Å². The first-order chi connectivity index (χ1) is 14.0. The first-order valence-electron chi connectivity index (χ1n) is 8.88. The Hall–Kier alpha value is -2.92. The standard InChI is InChI=1S/C19H21N3O6S2/c1-10-16(29-9-21-10)7-27-12-4-5-15-13(6-12)17(11(2)28-15)19(24)22-14(18(20)23)8-30(3,25)26/h4-6,9,14H,7-8H2,1-3H3,(H2,20,23)(H,22,24). The Labute approximate surface area is 177 Å². The number of carbonyl (C=O) groups is 2. The van der Waals surface area contributed by atoms with E-state index in [1.54, 1.807) is 30.6 Å². The minimum atomic E-state index is -3.54. The molecular formula is C19H21N3O6S2. The smallest absolute Gasteiger partial charge is 0.256 e. The molecule has 0 spiro atoms. The molecule has 30 heavy (non-hydrogen) atoms. The highest BCUT2D eigenvalue weighted by atomic mass is 32.2. The molecule has 11 heteroatoms. The van der Waals surface area contributed by atoms with Gasteiger partial charge in [-0.05, 0) is 32.0 Å². The van der Waals surface area contributed by atoms with Gasteiger partial charge in [0.2, 0.25) is 5.91 Å². The van der Waals surface area contributed by atoms with Gasteiger partial charge in [-0.25, -0.2) is 13.4 Å². The Balaban J connectivity index is 1.87. The van der Waals surface area contributed by atoms with E-state index >= 15 is 0 Å². The number of furan rings is 1. The van der Waals surface area contributed by atoms with Crippen molar-refractivity contribution in [3.05, 3.63) is 45.6 Å². The van der Waals surface area contributed by atoms with Crippen molar-refractivity contribution in [1.29, 1.82) is 0 Å². The van der Waals surface area contributed by atoms with Gasteiger partial charge in [-0.15, -0.1) is 11.3 Å². The maximum Gasteiger partial charge on any atom is 0.256 e. The number of rotatable bonds is 8. The Morgan fingerprint density at radius 1 is 1.33 bits per heavy atom. The summed E-state index contributed by atoms with van der Waals surface area (Å²) in [6.45, 7) is 3.83. The maximum absolute atomic E-state index is 12.8. The van der Waals surface area contributed by atoms with Gasteiger partial charge in [0, 0.05) is 11.6 Å². The third-order valence-corrected chi connectivity index (χ3v) is 6.24. The Bertz CT molecular complexity index is 1210. The highest BCUT2D eigenvalue weighted by Crippen LogP contribution is 2.30. The van der Waals surface area contributed by atoms with Crippen molar-refractivity contribution in [2.75, 3.05) is 12.0 Å². The fourth-order valence-corrected chi connectivity index (χ4v) is 4.45. The summed E-state index contributed by atoms with van der Waals surface area (Å²) in [5.41, 5.74) is 8.53. The van der Waals surface area contributed by atoms with Crippen LogP contribution in [0.15, 0.2) is 28.1 Å². The molecule has 1 aromatic carbocycles. The number of primary amides is 1. The zero-order valence-electron chi connectivity index (χ0n) is 16.6. The molecule has 2 amide bonds. The first-order valence-corrected chi connectivity index (χ1v) is 11.8. The minimum Gasteiger partial charge on any atom is -0.488 e. The van der Waals surface area contributed by atoms with Crippen LogP contribution in [-0.4, -0.2) is 43.3 Å². The van der Waals surface area contributed by atoms with E-state index in [9.17, 15) is 18.0 Å². The normalized spacial score (nSPS) is 12.6. The van der Waals surface area contributed by atoms with Gasteiger partial charge >= 0.3 is 0 Å². The summed E-state index contributed by atoms with van der Waals surface area (Å²) in [7, 11) is -3.54. The molecule has 0 aliphatic heterocycles. The average molecular weight is 452 g/mol. The Morgan fingerprint density at radius 3 is 2.67 bits per heavy atom. The van der Waals surface area contributed by atoms with Crippen LogP contribution in [0.25, 0.3) is 11.0 Å². The number of hydrogen-bond acceptors (Lipinski definition) is 8. The van der Waals surface area contributed by atoms with Crippen LogP contribution in [0.5, 0.6) is 5.75 Å². The lowest BCUT2D eigenvalue weighted by Gasteiger charge is -2.14. The summed E-state index contributed by atoms with van der Waals surface area (Å²) in [6.07, 6.45) is 0.960. The van der Waals surface area contributed by atoms with Crippen LogP contribution in [0.1, 0.15) is 26.7 Å². The lowest BCUT2D eigenvalue weighted by molar-refractivity contribution is -0.119. The molecule has 0 saturated heterocycles. The van der Waals surface area contributed by atoms with Gasteiger partial charge in [0.1, 0.15) is 39.6 Å². The van der Waals surface area contributed by atoms with E-state index in [1.165, 1.54) is 11.3 Å². The zero-order valence-corrected chi connectivity index (χ0v) is 18.2. The van der Waals surface area contributed by atoms with Crippen molar-refractivity contribution >= 4 is 44.0 Å². The molecule has 2 heterocycles. The van der Waals surface area contributed by atoms with Crippen LogP contribution in [-0.2, 0) is 21.2 Å². The maximum atomic E-state index is 12.8. The number of nitrogens with zero attached hydrogens (tertiary/aromatic N) is 1. The number of nitrogens with one attached hydrogen (secondary N) is 1. The number of aryl methyl sites for hydroxylation is 2. The van der Waals surface area contributed by atoms with E-state index in [0.29, 0.717) is 29.1 Å². The number of thiazole rings is 1. The number of carbonyl (C=O) groups excluding carboxylic acids is 2. The van der Waals surface area contributed by atoms with Crippen LogP contribution in [0, 0.1) is 13.8 Å². The van der Waals surface area contributed by atoms with E-state index < -0.39 is 33.4 Å². The molecule has 1 unspecified atom stereocenters. The molecule has 2 aromatic heterocycles. The molecular weight excluding hydrogens is 430 g/mol. The van der Waals surface area contributed by atoms with Crippen molar-refractivity contribution in [1.82, 2.24) is 10.3 Å². The molecule has 3 rings (SSSR count). The monoisotopic (exact) mass is 451 g/mol. The van der Waals surface area contributed by atoms with Gasteiger partial charge in [-0.3, -0.25) is 9.59 Å². The van der Waals surface area contributed by atoms with Crippen molar-refractivity contribution in [3.8, 4) is 5.75 Å². The van der Waals surface area contributed by atoms with Crippen LogP contribution in [0.4, 0.5) is 0 Å². The number of fused-ring (bicyclic) bond motifs is 1. The molecule has 0 radical (unpaired) electrons. The zero-order chi connectivity index (χ0) is 22.1. The predicted octanol–water partition coefficient (Wildman–Crippen LogP) is 1.71. The van der Waals surface area contributed by atoms with Gasteiger partial charge in [0.25, 0.3) is 5.91 Å². The van der Waals surface area contributed by atoms with Crippen LogP contribution >= 0.6 is 11.3 Å². The number of amides is 2. The molecule has 9 nitrogen and oxygen atoms in total. The number of aromatic nitrogens is 1. The van der Waals surface area contributed by atoms with Gasteiger partial charge in [-0.1, -0.05) is 0 Å². The van der Waals surface area contributed by atoms with Crippen molar-refractivity contribution in [2.45, 2.75) is 26.5 Å². The third-order valence-electron chi connectivity index (χ3n) is 4.40. The molecule has 1 atom stereocenters. The van der Waals surface area contributed by atoms with Gasteiger partial charge in [0.15, 0.2) is 0 Å². The average Bonchev–Trinajstić information content (AvgIpc) is 3.19. The third kappa shape index (κ3) is 4.97. The fourth-order valence-electron chi connectivity index (χ4n) is 2.91. The molecule has 0 bridgehead atoms. The van der Waals surface area contributed by atoms with Gasteiger partial charge in [0.05, 0.1) is 27.4 Å². The van der Waals surface area contributed by atoms with Crippen molar-refractivity contribution in [2.24, 2.45) is 5.73 Å². The molecule has 3 aromatic rings.